The Morgan fingerprint density at radius 3 is 2.67 bits per heavy atom. The van der Waals surface area contributed by atoms with Gasteiger partial charge >= 0.3 is 0 Å². The van der Waals surface area contributed by atoms with E-state index in [4.69, 9.17) is 10.5 Å². The first-order chi connectivity index (χ1) is 7.13. The van der Waals surface area contributed by atoms with E-state index in [0.717, 1.165) is 10.9 Å². The second-order valence-corrected chi connectivity index (χ2v) is 4.68. The molecule has 0 amide bonds. The summed E-state index contributed by atoms with van der Waals surface area (Å²) in [7, 11) is 0. The predicted molar refractivity (Wildman–Crippen MR) is 66.8 cm³/mol. The van der Waals surface area contributed by atoms with Gasteiger partial charge in [-0.1, -0.05) is 28.1 Å². The lowest BCUT2D eigenvalue weighted by Gasteiger charge is -2.10. The normalized spacial score (nSPS) is 11.0. The molecular weight excluding hydrogens is 254 g/mol. The first kappa shape index (κ1) is 12.7. The van der Waals surface area contributed by atoms with Crippen LogP contribution in [-0.4, -0.2) is 12.6 Å². The average molecular weight is 272 g/mol. The number of hydrogen-bond acceptors (Lipinski definition) is 2. The molecule has 0 radical (unpaired) electrons. The zero-order valence-corrected chi connectivity index (χ0v) is 10.9. The molecule has 1 aromatic carbocycles. The monoisotopic (exact) mass is 271 g/mol. The van der Waals surface area contributed by atoms with E-state index in [1.807, 2.05) is 13.8 Å². The van der Waals surface area contributed by atoms with E-state index in [9.17, 15) is 0 Å². The summed E-state index contributed by atoms with van der Waals surface area (Å²) < 4.78 is 6.66. The van der Waals surface area contributed by atoms with E-state index in [0.29, 0.717) is 13.2 Å². The van der Waals surface area contributed by atoms with E-state index in [2.05, 4.69) is 34.1 Å². The Balaban J connectivity index is 2.66. The fourth-order valence-electron chi connectivity index (χ4n) is 1.29. The summed E-state index contributed by atoms with van der Waals surface area (Å²) in [5.74, 6) is 0. The molecule has 1 rings (SSSR count). The number of benzene rings is 1. The van der Waals surface area contributed by atoms with Crippen LogP contribution in [0.5, 0.6) is 0 Å². The maximum Gasteiger partial charge on any atom is 0.0731 e. The van der Waals surface area contributed by atoms with Gasteiger partial charge in [-0.25, -0.2) is 0 Å². The van der Waals surface area contributed by atoms with E-state index >= 15 is 0 Å². The van der Waals surface area contributed by atoms with E-state index in [-0.39, 0.29) is 6.10 Å². The van der Waals surface area contributed by atoms with Gasteiger partial charge in [-0.3, -0.25) is 0 Å². The van der Waals surface area contributed by atoms with Crippen molar-refractivity contribution in [2.45, 2.75) is 33.0 Å². The van der Waals surface area contributed by atoms with Gasteiger partial charge in [-0.05, 0) is 44.0 Å². The fraction of sp³-hybridized carbons (Fsp3) is 0.500. The molecule has 2 nitrogen and oxygen atoms in total. The van der Waals surface area contributed by atoms with Crippen LogP contribution in [0.4, 0.5) is 0 Å². The SMILES string of the molecule is CC(C)OCc1ccc(CCN)cc1Br. The molecule has 0 spiro atoms. The molecule has 0 saturated carbocycles. The highest BCUT2D eigenvalue weighted by Gasteiger charge is 2.02. The Hall–Kier alpha value is -0.380. The van der Waals surface area contributed by atoms with Crippen molar-refractivity contribution in [3.8, 4) is 0 Å². The Kier molecular flexibility index (Phi) is 5.29. The Morgan fingerprint density at radius 2 is 2.13 bits per heavy atom. The molecule has 15 heavy (non-hydrogen) atoms. The van der Waals surface area contributed by atoms with Crippen LogP contribution in [0.3, 0.4) is 0 Å². The van der Waals surface area contributed by atoms with Gasteiger partial charge in [0.25, 0.3) is 0 Å². The molecule has 0 heterocycles. The lowest BCUT2D eigenvalue weighted by molar-refractivity contribution is 0.0653. The van der Waals surface area contributed by atoms with Crippen LogP contribution >= 0.6 is 15.9 Å². The number of ether oxygens (including phenoxy) is 1. The highest BCUT2D eigenvalue weighted by atomic mass is 79.9. The van der Waals surface area contributed by atoms with E-state index in [1.54, 1.807) is 0 Å². The minimum atomic E-state index is 0.264. The first-order valence-electron chi connectivity index (χ1n) is 5.22. The van der Waals surface area contributed by atoms with Crippen LogP contribution in [0.1, 0.15) is 25.0 Å². The lowest BCUT2D eigenvalue weighted by Crippen LogP contribution is -2.05. The molecular formula is C12H18BrNO. The minimum Gasteiger partial charge on any atom is -0.374 e. The number of nitrogens with two attached hydrogens (primary N) is 1. The molecule has 3 heteroatoms. The third-order valence-electron chi connectivity index (χ3n) is 2.12. The van der Waals surface area contributed by atoms with Crippen molar-refractivity contribution in [1.29, 1.82) is 0 Å². The molecule has 1 aromatic rings. The summed E-state index contributed by atoms with van der Waals surface area (Å²) >= 11 is 3.55. The van der Waals surface area contributed by atoms with E-state index < -0.39 is 0 Å². The number of rotatable bonds is 5. The predicted octanol–water partition coefficient (Wildman–Crippen LogP) is 2.88. The molecule has 0 bridgehead atoms. The van der Waals surface area contributed by atoms with E-state index in [1.165, 1.54) is 11.1 Å². The van der Waals surface area contributed by atoms with Crippen molar-refractivity contribution < 1.29 is 4.74 Å². The highest BCUT2D eigenvalue weighted by Crippen LogP contribution is 2.20. The van der Waals surface area contributed by atoms with Crippen LogP contribution in [0.15, 0.2) is 22.7 Å². The third-order valence-corrected chi connectivity index (χ3v) is 2.86. The summed E-state index contributed by atoms with van der Waals surface area (Å²) in [5.41, 5.74) is 7.95. The van der Waals surface area contributed by atoms with Gasteiger partial charge < -0.3 is 10.5 Å². The zero-order chi connectivity index (χ0) is 11.3. The summed E-state index contributed by atoms with van der Waals surface area (Å²) in [6, 6.07) is 6.32. The van der Waals surface area contributed by atoms with Crippen LogP contribution in [0, 0.1) is 0 Å². The lowest BCUT2D eigenvalue weighted by atomic mass is 10.1. The summed E-state index contributed by atoms with van der Waals surface area (Å²) in [4.78, 5) is 0. The van der Waals surface area contributed by atoms with Crippen LogP contribution < -0.4 is 5.73 Å². The Labute approximate surface area is 99.9 Å². The molecule has 84 valence electrons. The van der Waals surface area contributed by atoms with Crippen molar-refractivity contribution in [2.75, 3.05) is 6.54 Å². The van der Waals surface area contributed by atoms with Gasteiger partial charge in [0.1, 0.15) is 0 Å². The minimum absolute atomic E-state index is 0.264. The van der Waals surface area contributed by atoms with Gasteiger partial charge in [-0.15, -0.1) is 0 Å². The first-order valence-corrected chi connectivity index (χ1v) is 6.01. The quantitative estimate of drug-likeness (QED) is 0.894. The average Bonchev–Trinajstić information content (AvgIpc) is 2.17. The molecule has 2 N–H and O–H groups in total. The Bertz CT molecular complexity index is 312. The summed E-state index contributed by atoms with van der Waals surface area (Å²) in [6.07, 6.45) is 1.19. The maximum atomic E-state index is 5.55. The molecule has 0 aliphatic heterocycles. The molecule has 0 saturated heterocycles. The van der Waals surface area contributed by atoms with Crippen molar-refractivity contribution >= 4 is 15.9 Å². The number of halogens is 1. The zero-order valence-electron chi connectivity index (χ0n) is 9.29. The molecule has 0 aromatic heterocycles. The Morgan fingerprint density at radius 1 is 1.40 bits per heavy atom. The fourth-order valence-corrected chi connectivity index (χ4v) is 1.83. The van der Waals surface area contributed by atoms with Crippen molar-refractivity contribution in [3.63, 3.8) is 0 Å². The van der Waals surface area contributed by atoms with Crippen LogP contribution in [0.2, 0.25) is 0 Å². The van der Waals surface area contributed by atoms with Gasteiger partial charge in [-0.2, -0.15) is 0 Å². The van der Waals surface area contributed by atoms with Crippen molar-refractivity contribution in [2.24, 2.45) is 5.73 Å². The van der Waals surface area contributed by atoms with Crippen molar-refractivity contribution in [3.05, 3.63) is 33.8 Å². The second-order valence-electron chi connectivity index (χ2n) is 3.82. The second kappa shape index (κ2) is 6.26. The summed E-state index contributed by atoms with van der Waals surface area (Å²) in [5, 5.41) is 0. The van der Waals surface area contributed by atoms with Gasteiger partial charge in [0.05, 0.1) is 12.7 Å². The van der Waals surface area contributed by atoms with Gasteiger partial charge in [0.2, 0.25) is 0 Å². The smallest absolute Gasteiger partial charge is 0.0731 e. The topological polar surface area (TPSA) is 35.2 Å². The highest BCUT2D eigenvalue weighted by molar-refractivity contribution is 9.10. The maximum absolute atomic E-state index is 5.55. The van der Waals surface area contributed by atoms with Gasteiger partial charge in [0, 0.05) is 4.47 Å². The number of hydrogen-bond donors (Lipinski definition) is 1. The third kappa shape index (κ3) is 4.33. The molecule has 0 unspecified atom stereocenters. The van der Waals surface area contributed by atoms with Crippen LogP contribution in [-0.2, 0) is 17.8 Å². The molecule has 0 aliphatic carbocycles. The van der Waals surface area contributed by atoms with Gasteiger partial charge in [0.15, 0.2) is 0 Å². The largest absolute Gasteiger partial charge is 0.374 e. The molecule has 0 fully saturated rings. The molecule has 0 aliphatic rings. The standard InChI is InChI=1S/C12H18BrNO/c1-9(2)15-8-11-4-3-10(5-6-14)7-12(11)13/h3-4,7,9H,5-6,8,14H2,1-2H3. The van der Waals surface area contributed by atoms with Crippen molar-refractivity contribution in [1.82, 2.24) is 0 Å². The molecule has 0 atom stereocenters. The summed E-state index contributed by atoms with van der Waals surface area (Å²) in [6.45, 7) is 5.42. The van der Waals surface area contributed by atoms with Crippen LogP contribution in [0.25, 0.3) is 0 Å².